The lowest BCUT2D eigenvalue weighted by Gasteiger charge is -2.04. The molecule has 0 fully saturated rings. The summed E-state index contributed by atoms with van der Waals surface area (Å²) in [5.41, 5.74) is 0. The van der Waals surface area contributed by atoms with Gasteiger partial charge in [-0.1, -0.05) is 26.2 Å². The summed E-state index contributed by atoms with van der Waals surface area (Å²) in [6, 6.07) is 0. The average Bonchev–Trinajstić information content (AvgIpc) is 2.24. The molecule has 0 spiro atoms. The molecule has 0 aliphatic carbocycles. The SMILES string of the molecule is CCCCCCOC(=O)COOCC(=O)O. The van der Waals surface area contributed by atoms with Crippen LogP contribution < -0.4 is 0 Å². The van der Waals surface area contributed by atoms with Gasteiger partial charge in [-0.2, -0.15) is 0 Å². The molecule has 0 unspecified atom stereocenters. The van der Waals surface area contributed by atoms with E-state index in [2.05, 4.69) is 16.7 Å². The summed E-state index contributed by atoms with van der Waals surface area (Å²) in [7, 11) is 0. The predicted molar refractivity (Wildman–Crippen MR) is 54.6 cm³/mol. The molecule has 0 saturated heterocycles. The van der Waals surface area contributed by atoms with Crippen molar-refractivity contribution in [3.63, 3.8) is 0 Å². The van der Waals surface area contributed by atoms with Crippen LogP contribution in [-0.2, 0) is 24.1 Å². The number of hydrogen-bond donors (Lipinski definition) is 1. The Hall–Kier alpha value is -1.14. The molecule has 0 rings (SSSR count). The van der Waals surface area contributed by atoms with Gasteiger partial charge in [0.05, 0.1) is 6.61 Å². The number of carboxylic acids is 1. The van der Waals surface area contributed by atoms with E-state index in [-0.39, 0.29) is 6.61 Å². The maximum Gasteiger partial charge on any atom is 0.335 e. The van der Waals surface area contributed by atoms with Crippen molar-refractivity contribution in [1.29, 1.82) is 0 Å². The fourth-order valence-corrected chi connectivity index (χ4v) is 0.938. The van der Waals surface area contributed by atoms with Gasteiger partial charge in [0, 0.05) is 0 Å². The van der Waals surface area contributed by atoms with E-state index in [0.29, 0.717) is 6.61 Å². The van der Waals surface area contributed by atoms with Crippen LogP contribution in [0.15, 0.2) is 0 Å². The quantitative estimate of drug-likeness (QED) is 0.264. The first-order valence-electron chi connectivity index (χ1n) is 5.28. The minimum Gasteiger partial charge on any atom is -0.479 e. The van der Waals surface area contributed by atoms with Crippen molar-refractivity contribution in [2.45, 2.75) is 32.6 Å². The largest absolute Gasteiger partial charge is 0.479 e. The van der Waals surface area contributed by atoms with Gasteiger partial charge in [0.15, 0.2) is 13.2 Å². The van der Waals surface area contributed by atoms with Gasteiger partial charge in [-0.25, -0.2) is 19.4 Å². The number of ether oxygens (including phenoxy) is 1. The molecular weight excluding hydrogens is 216 g/mol. The van der Waals surface area contributed by atoms with Crippen LogP contribution in [-0.4, -0.2) is 36.9 Å². The summed E-state index contributed by atoms with van der Waals surface area (Å²) >= 11 is 0. The number of unbranched alkanes of at least 4 members (excludes halogenated alkanes) is 3. The maximum absolute atomic E-state index is 10.9. The van der Waals surface area contributed by atoms with Crippen LogP contribution in [0, 0.1) is 0 Å². The van der Waals surface area contributed by atoms with Gasteiger partial charge in [0.2, 0.25) is 0 Å². The highest BCUT2D eigenvalue weighted by molar-refractivity contribution is 5.70. The monoisotopic (exact) mass is 234 g/mol. The van der Waals surface area contributed by atoms with Crippen molar-refractivity contribution < 1.29 is 29.2 Å². The van der Waals surface area contributed by atoms with Crippen LogP contribution in [0.3, 0.4) is 0 Å². The minimum atomic E-state index is -1.16. The van der Waals surface area contributed by atoms with Crippen LogP contribution in [0.5, 0.6) is 0 Å². The Labute approximate surface area is 94.4 Å². The van der Waals surface area contributed by atoms with E-state index in [1.54, 1.807) is 0 Å². The van der Waals surface area contributed by atoms with Crippen molar-refractivity contribution >= 4 is 11.9 Å². The molecule has 0 aromatic rings. The molecule has 0 aromatic heterocycles. The van der Waals surface area contributed by atoms with E-state index in [0.717, 1.165) is 25.7 Å². The third-order valence-corrected chi connectivity index (χ3v) is 1.70. The molecule has 0 radical (unpaired) electrons. The Balaban J connectivity index is 3.21. The molecule has 0 atom stereocenters. The van der Waals surface area contributed by atoms with Crippen molar-refractivity contribution in [3.05, 3.63) is 0 Å². The summed E-state index contributed by atoms with van der Waals surface area (Å²) in [5, 5.41) is 8.18. The molecule has 16 heavy (non-hydrogen) atoms. The van der Waals surface area contributed by atoms with Crippen LogP contribution >= 0.6 is 0 Å². The van der Waals surface area contributed by atoms with Gasteiger partial charge in [0.1, 0.15) is 0 Å². The van der Waals surface area contributed by atoms with Crippen LogP contribution in [0.4, 0.5) is 0 Å². The number of aliphatic carboxylic acids is 1. The number of esters is 1. The second-order valence-electron chi connectivity index (χ2n) is 3.20. The number of hydrogen-bond acceptors (Lipinski definition) is 5. The van der Waals surface area contributed by atoms with Crippen molar-refractivity contribution in [2.24, 2.45) is 0 Å². The molecular formula is C10H18O6. The topological polar surface area (TPSA) is 82.1 Å². The Morgan fingerprint density at radius 1 is 1.06 bits per heavy atom. The highest BCUT2D eigenvalue weighted by Crippen LogP contribution is 1.99. The minimum absolute atomic E-state index is 0.362. The molecule has 0 saturated carbocycles. The Morgan fingerprint density at radius 2 is 1.75 bits per heavy atom. The fraction of sp³-hybridized carbons (Fsp3) is 0.800. The Bertz CT molecular complexity index is 203. The third kappa shape index (κ3) is 10.9. The lowest BCUT2D eigenvalue weighted by molar-refractivity contribution is -0.290. The zero-order valence-electron chi connectivity index (χ0n) is 9.44. The molecule has 0 heterocycles. The predicted octanol–water partition coefficient (Wildman–Crippen LogP) is 1.14. The summed E-state index contributed by atoms with van der Waals surface area (Å²) in [5.74, 6) is -1.71. The summed E-state index contributed by atoms with van der Waals surface area (Å²) in [4.78, 5) is 29.5. The molecule has 0 bridgehead atoms. The molecule has 94 valence electrons. The zero-order chi connectivity index (χ0) is 12.2. The van der Waals surface area contributed by atoms with E-state index >= 15 is 0 Å². The molecule has 6 nitrogen and oxygen atoms in total. The standard InChI is InChI=1S/C10H18O6/c1-2-3-4-5-6-14-10(13)8-16-15-7-9(11)12/h2-8H2,1H3,(H,11,12). The van der Waals surface area contributed by atoms with E-state index in [1.165, 1.54) is 0 Å². The average molecular weight is 234 g/mol. The van der Waals surface area contributed by atoms with Gasteiger partial charge < -0.3 is 9.84 Å². The van der Waals surface area contributed by atoms with E-state index < -0.39 is 18.5 Å². The first kappa shape index (κ1) is 14.9. The molecule has 0 aromatic carbocycles. The lowest BCUT2D eigenvalue weighted by atomic mass is 10.2. The number of carboxylic acid groups (broad SMARTS) is 1. The summed E-state index contributed by atoms with van der Waals surface area (Å²) < 4.78 is 4.80. The second-order valence-corrected chi connectivity index (χ2v) is 3.20. The first-order chi connectivity index (χ1) is 7.66. The van der Waals surface area contributed by atoms with Crippen LogP contribution in [0.2, 0.25) is 0 Å². The third-order valence-electron chi connectivity index (χ3n) is 1.70. The van der Waals surface area contributed by atoms with Gasteiger partial charge in [-0.3, -0.25) is 0 Å². The smallest absolute Gasteiger partial charge is 0.335 e. The van der Waals surface area contributed by atoms with E-state index in [4.69, 9.17) is 9.84 Å². The Kier molecular flexibility index (Phi) is 9.64. The summed E-state index contributed by atoms with van der Waals surface area (Å²) in [6.45, 7) is 1.48. The highest BCUT2D eigenvalue weighted by atomic mass is 17.2. The van der Waals surface area contributed by atoms with Gasteiger partial charge >= 0.3 is 11.9 Å². The first-order valence-corrected chi connectivity index (χ1v) is 5.28. The number of rotatable bonds is 10. The van der Waals surface area contributed by atoms with Crippen molar-refractivity contribution in [2.75, 3.05) is 19.8 Å². The number of carbonyl (C=O) groups excluding carboxylic acids is 1. The normalized spacial score (nSPS) is 10.1. The molecule has 0 aliphatic heterocycles. The number of carbonyl (C=O) groups is 2. The zero-order valence-corrected chi connectivity index (χ0v) is 9.44. The van der Waals surface area contributed by atoms with Crippen LogP contribution in [0.25, 0.3) is 0 Å². The Morgan fingerprint density at radius 3 is 2.38 bits per heavy atom. The second kappa shape index (κ2) is 10.4. The van der Waals surface area contributed by atoms with Crippen molar-refractivity contribution in [3.8, 4) is 0 Å². The van der Waals surface area contributed by atoms with Crippen LogP contribution in [0.1, 0.15) is 32.6 Å². The summed E-state index contributed by atoms with van der Waals surface area (Å²) in [6.07, 6.45) is 4.10. The van der Waals surface area contributed by atoms with E-state index in [9.17, 15) is 9.59 Å². The van der Waals surface area contributed by atoms with E-state index in [1.807, 2.05) is 0 Å². The van der Waals surface area contributed by atoms with Gasteiger partial charge in [0.25, 0.3) is 0 Å². The highest BCUT2D eigenvalue weighted by Gasteiger charge is 2.04. The molecule has 6 heteroatoms. The van der Waals surface area contributed by atoms with Crippen molar-refractivity contribution in [1.82, 2.24) is 0 Å². The molecule has 1 N–H and O–H groups in total. The van der Waals surface area contributed by atoms with Gasteiger partial charge in [-0.15, -0.1) is 0 Å². The fourth-order valence-electron chi connectivity index (χ4n) is 0.938. The van der Waals surface area contributed by atoms with Gasteiger partial charge in [-0.05, 0) is 6.42 Å². The lowest BCUT2D eigenvalue weighted by Crippen LogP contribution is -2.16. The molecule has 0 aliphatic rings. The maximum atomic E-state index is 10.9. The molecule has 0 amide bonds.